The molecule has 84 valence electrons. The van der Waals surface area contributed by atoms with Gasteiger partial charge in [-0.2, -0.15) is 0 Å². The Hall–Kier alpha value is -1.35. The molecule has 1 N–H and O–H groups in total. The predicted octanol–water partition coefficient (Wildman–Crippen LogP) is 2.39. The van der Waals surface area contributed by atoms with Crippen LogP contribution in [0.2, 0.25) is 0 Å². The van der Waals surface area contributed by atoms with E-state index in [1.807, 2.05) is 12.5 Å². The molecule has 0 unspecified atom stereocenters. The third kappa shape index (κ3) is 1.71. The molecular formula is C13H17N3. The zero-order chi connectivity index (χ0) is 11.0. The molecule has 1 saturated heterocycles. The summed E-state index contributed by atoms with van der Waals surface area (Å²) in [4.78, 5) is 4.14. The van der Waals surface area contributed by atoms with Crippen molar-refractivity contribution in [2.24, 2.45) is 5.92 Å². The van der Waals surface area contributed by atoms with Gasteiger partial charge in [0.15, 0.2) is 0 Å². The zero-order valence-corrected chi connectivity index (χ0v) is 9.56. The highest BCUT2D eigenvalue weighted by molar-refractivity contribution is 5.45. The van der Waals surface area contributed by atoms with Crippen molar-refractivity contribution in [3.8, 4) is 0 Å². The summed E-state index contributed by atoms with van der Waals surface area (Å²) in [5, 5.41) is 3.61. The fourth-order valence-corrected chi connectivity index (χ4v) is 2.43. The van der Waals surface area contributed by atoms with Crippen LogP contribution >= 0.6 is 0 Å². The number of aromatic nitrogens is 2. The number of piperidine rings is 1. The Bertz CT molecular complexity index is 481. The van der Waals surface area contributed by atoms with Crippen LogP contribution in [-0.4, -0.2) is 15.9 Å². The molecule has 2 aromatic rings. The lowest BCUT2D eigenvalue weighted by Crippen LogP contribution is -2.31. The summed E-state index contributed by atoms with van der Waals surface area (Å²) in [6.45, 7) is 3.44. The highest BCUT2D eigenvalue weighted by atomic mass is 15.0. The van der Waals surface area contributed by atoms with Crippen LogP contribution in [0.25, 0.3) is 5.52 Å². The minimum atomic E-state index is 0.517. The van der Waals surface area contributed by atoms with Gasteiger partial charge in [0.1, 0.15) is 0 Å². The molecule has 1 aliphatic rings. The first-order valence-corrected chi connectivity index (χ1v) is 5.98. The van der Waals surface area contributed by atoms with Gasteiger partial charge in [-0.3, -0.25) is 0 Å². The van der Waals surface area contributed by atoms with E-state index < -0.39 is 0 Å². The Morgan fingerprint density at radius 1 is 1.38 bits per heavy atom. The molecule has 0 bridgehead atoms. The van der Waals surface area contributed by atoms with Gasteiger partial charge in [0.05, 0.1) is 18.0 Å². The maximum atomic E-state index is 4.14. The molecule has 2 atom stereocenters. The smallest absolute Gasteiger partial charge is 0.0992 e. The fourth-order valence-electron chi connectivity index (χ4n) is 2.43. The minimum absolute atomic E-state index is 0.517. The number of fused-ring (bicyclic) bond motifs is 1. The normalized spacial score (nSPS) is 26.1. The van der Waals surface area contributed by atoms with Gasteiger partial charge < -0.3 is 9.72 Å². The molecular weight excluding hydrogens is 198 g/mol. The van der Waals surface area contributed by atoms with Crippen LogP contribution < -0.4 is 5.32 Å². The topological polar surface area (TPSA) is 29.3 Å². The van der Waals surface area contributed by atoms with Crippen LogP contribution in [0.15, 0.2) is 30.9 Å². The number of imidazole rings is 1. The molecule has 0 amide bonds. The summed E-state index contributed by atoms with van der Waals surface area (Å²) in [6.07, 6.45) is 8.50. The average molecular weight is 215 g/mol. The molecule has 1 aliphatic heterocycles. The highest BCUT2D eigenvalue weighted by Crippen LogP contribution is 2.25. The van der Waals surface area contributed by atoms with Gasteiger partial charge >= 0.3 is 0 Å². The number of rotatable bonds is 1. The first-order chi connectivity index (χ1) is 7.83. The molecule has 0 radical (unpaired) electrons. The lowest BCUT2D eigenvalue weighted by atomic mass is 9.93. The van der Waals surface area contributed by atoms with Gasteiger partial charge in [0, 0.05) is 12.2 Å². The summed E-state index contributed by atoms with van der Waals surface area (Å²) in [5.41, 5.74) is 2.53. The summed E-state index contributed by atoms with van der Waals surface area (Å²) in [6, 6.07) is 4.87. The predicted molar refractivity (Wildman–Crippen MR) is 64.3 cm³/mol. The third-order valence-electron chi connectivity index (χ3n) is 3.49. The van der Waals surface area contributed by atoms with Crippen molar-refractivity contribution in [1.29, 1.82) is 0 Å². The number of nitrogens with zero attached hydrogens (tertiary/aromatic N) is 2. The Kier molecular flexibility index (Phi) is 2.40. The Labute approximate surface area is 95.5 Å². The molecule has 3 nitrogen and oxygen atoms in total. The van der Waals surface area contributed by atoms with E-state index in [0.717, 1.165) is 18.0 Å². The molecule has 1 fully saturated rings. The van der Waals surface area contributed by atoms with E-state index in [9.17, 15) is 0 Å². The second-order valence-electron chi connectivity index (χ2n) is 4.83. The van der Waals surface area contributed by atoms with E-state index in [1.165, 1.54) is 18.4 Å². The average Bonchev–Trinajstić information content (AvgIpc) is 2.77. The molecule has 3 heteroatoms. The minimum Gasteiger partial charge on any atom is -0.310 e. The lowest BCUT2D eigenvalue weighted by molar-refractivity contribution is 0.332. The van der Waals surface area contributed by atoms with E-state index in [0.29, 0.717) is 6.04 Å². The summed E-state index contributed by atoms with van der Waals surface area (Å²) in [7, 11) is 0. The van der Waals surface area contributed by atoms with E-state index in [4.69, 9.17) is 0 Å². The van der Waals surface area contributed by atoms with Gasteiger partial charge in [-0.1, -0.05) is 13.0 Å². The SMILES string of the molecule is C[C@@H]1CC[C@@H](c2ccc3cncn3c2)NC1. The van der Waals surface area contributed by atoms with E-state index in [2.05, 4.69) is 40.0 Å². The van der Waals surface area contributed by atoms with Crippen LogP contribution in [0.4, 0.5) is 0 Å². The maximum Gasteiger partial charge on any atom is 0.0992 e. The molecule has 2 aromatic heterocycles. The van der Waals surface area contributed by atoms with E-state index in [1.54, 1.807) is 0 Å². The molecule has 0 spiro atoms. The van der Waals surface area contributed by atoms with Crippen LogP contribution in [0.3, 0.4) is 0 Å². The summed E-state index contributed by atoms with van der Waals surface area (Å²) in [5.74, 6) is 0.813. The first-order valence-electron chi connectivity index (χ1n) is 5.98. The number of hydrogen-bond donors (Lipinski definition) is 1. The van der Waals surface area contributed by atoms with Crippen LogP contribution in [0.5, 0.6) is 0 Å². The number of nitrogens with one attached hydrogen (secondary N) is 1. The van der Waals surface area contributed by atoms with E-state index >= 15 is 0 Å². The quantitative estimate of drug-likeness (QED) is 0.791. The van der Waals surface area contributed by atoms with Crippen LogP contribution in [-0.2, 0) is 0 Å². The van der Waals surface area contributed by atoms with Crippen molar-refractivity contribution in [1.82, 2.24) is 14.7 Å². The fraction of sp³-hybridized carbons (Fsp3) is 0.462. The monoisotopic (exact) mass is 215 g/mol. The summed E-state index contributed by atoms with van der Waals surface area (Å²) < 4.78 is 2.09. The molecule has 0 aliphatic carbocycles. The zero-order valence-electron chi connectivity index (χ0n) is 9.56. The van der Waals surface area contributed by atoms with Crippen molar-refractivity contribution < 1.29 is 0 Å². The van der Waals surface area contributed by atoms with Gasteiger partial charge in [-0.25, -0.2) is 4.98 Å². The van der Waals surface area contributed by atoms with Crippen molar-refractivity contribution in [2.75, 3.05) is 6.54 Å². The Morgan fingerprint density at radius 2 is 2.31 bits per heavy atom. The second-order valence-corrected chi connectivity index (χ2v) is 4.83. The van der Waals surface area contributed by atoms with Crippen LogP contribution in [0.1, 0.15) is 31.4 Å². The van der Waals surface area contributed by atoms with Gasteiger partial charge in [0.2, 0.25) is 0 Å². The van der Waals surface area contributed by atoms with Crippen molar-refractivity contribution in [2.45, 2.75) is 25.8 Å². The largest absolute Gasteiger partial charge is 0.310 e. The molecule has 3 rings (SSSR count). The number of pyridine rings is 1. The first kappa shape index (κ1) is 9.85. The molecule has 0 saturated carbocycles. The van der Waals surface area contributed by atoms with Gasteiger partial charge in [-0.15, -0.1) is 0 Å². The second kappa shape index (κ2) is 3.91. The van der Waals surface area contributed by atoms with Crippen molar-refractivity contribution in [3.63, 3.8) is 0 Å². The lowest BCUT2D eigenvalue weighted by Gasteiger charge is -2.28. The highest BCUT2D eigenvalue weighted by Gasteiger charge is 2.18. The molecule has 0 aromatic carbocycles. The number of hydrogen-bond acceptors (Lipinski definition) is 2. The maximum absolute atomic E-state index is 4.14. The van der Waals surface area contributed by atoms with Crippen molar-refractivity contribution >= 4 is 5.52 Å². The summed E-state index contributed by atoms with van der Waals surface area (Å²) >= 11 is 0. The van der Waals surface area contributed by atoms with Gasteiger partial charge in [-0.05, 0) is 36.9 Å². The third-order valence-corrected chi connectivity index (χ3v) is 3.49. The molecule has 3 heterocycles. The Balaban J connectivity index is 1.87. The van der Waals surface area contributed by atoms with Crippen LogP contribution in [0, 0.1) is 5.92 Å². The Morgan fingerprint density at radius 3 is 3.12 bits per heavy atom. The van der Waals surface area contributed by atoms with E-state index in [-0.39, 0.29) is 0 Å². The van der Waals surface area contributed by atoms with Gasteiger partial charge in [0.25, 0.3) is 0 Å². The van der Waals surface area contributed by atoms with Crippen molar-refractivity contribution in [3.05, 3.63) is 36.4 Å². The standard InChI is InChI=1S/C13H17N3/c1-10-2-5-13(15-6-10)11-3-4-12-7-14-9-16(12)8-11/h3-4,7-10,13,15H,2,5-6H2,1H3/t10-,13+/m1/s1. The molecule has 16 heavy (non-hydrogen) atoms.